The number of aryl methyl sites for hydroxylation is 2. The molecule has 1 aromatic heterocycles. The minimum atomic E-state index is -0.878. The number of ether oxygens (including phenoxy) is 2. The minimum Gasteiger partial charge on any atom is -0.493 e. The summed E-state index contributed by atoms with van der Waals surface area (Å²) in [6.07, 6.45) is 5.78. The van der Waals surface area contributed by atoms with Crippen molar-refractivity contribution in [1.82, 2.24) is 10.3 Å². The lowest BCUT2D eigenvalue weighted by atomic mass is 9.96. The molecule has 8 heteroatoms. The second-order valence-electron chi connectivity index (χ2n) is 10.9. The van der Waals surface area contributed by atoms with E-state index in [-0.39, 0.29) is 19.1 Å². The van der Waals surface area contributed by atoms with Gasteiger partial charge in [-0.05, 0) is 72.7 Å². The van der Waals surface area contributed by atoms with E-state index in [4.69, 9.17) is 18.9 Å². The molecular formula is C35H38N2O6. The number of carbonyl (C=O) groups excluding carboxylic acids is 1. The number of carboxylic acids is 1. The van der Waals surface area contributed by atoms with E-state index in [1.165, 1.54) is 6.42 Å². The number of carboxylic acid groups (broad SMARTS) is 1. The first-order chi connectivity index (χ1) is 20.9. The highest BCUT2D eigenvalue weighted by Crippen LogP contribution is 2.28. The number of benzene rings is 3. The first-order valence-electron chi connectivity index (χ1n) is 15.0. The zero-order valence-electron chi connectivity index (χ0n) is 24.5. The van der Waals surface area contributed by atoms with Gasteiger partial charge in [-0.25, -0.2) is 9.78 Å². The van der Waals surface area contributed by atoms with Crippen LogP contribution in [0.15, 0.2) is 77.2 Å². The van der Waals surface area contributed by atoms with Crippen LogP contribution in [0.4, 0.5) is 4.79 Å². The highest BCUT2D eigenvalue weighted by Gasteiger charge is 2.17. The van der Waals surface area contributed by atoms with Gasteiger partial charge < -0.3 is 24.3 Å². The Bertz CT molecular complexity index is 1520. The van der Waals surface area contributed by atoms with E-state index < -0.39 is 12.1 Å². The molecule has 0 saturated heterocycles. The number of alkyl carbamates (subject to hydrolysis) is 1. The fourth-order valence-corrected chi connectivity index (χ4v) is 5.42. The van der Waals surface area contributed by atoms with Gasteiger partial charge in [0.2, 0.25) is 5.89 Å². The van der Waals surface area contributed by atoms with Gasteiger partial charge in [0.1, 0.15) is 18.1 Å². The lowest BCUT2D eigenvalue weighted by molar-refractivity contribution is -0.136. The number of rotatable bonds is 12. The zero-order valence-corrected chi connectivity index (χ0v) is 24.5. The van der Waals surface area contributed by atoms with Gasteiger partial charge in [0, 0.05) is 24.4 Å². The van der Waals surface area contributed by atoms with Crippen molar-refractivity contribution in [3.05, 3.63) is 95.4 Å². The molecule has 1 saturated carbocycles. The Morgan fingerprint density at radius 1 is 0.907 bits per heavy atom. The molecule has 3 aromatic carbocycles. The van der Waals surface area contributed by atoms with Crippen molar-refractivity contribution in [3.63, 3.8) is 0 Å². The van der Waals surface area contributed by atoms with Gasteiger partial charge in [-0.1, -0.05) is 67.8 Å². The van der Waals surface area contributed by atoms with Crippen molar-refractivity contribution in [1.29, 1.82) is 0 Å². The number of nitrogens with zero attached hydrogens (tertiary/aromatic N) is 1. The average Bonchev–Trinajstić information content (AvgIpc) is 3.40. The van der Waals surface area contributed by atoms with Crippen LogP contribution >= 0.6 is 0 Å². The van der Waals surface area contributed by atoms with Gasteiger partial charge in [-0.15, -0.1) is 0 Å². The third-order valence-electron chi connectivity index (χ3n) is 7.79. The molecule has 1 aliphatic rings. The molecule has 5 rings (SSSR count). The second-order valence-corrected chi connectivity index (χ2v) is 10.9. The minimum absolute atomic E-state index is 0.0104. The summed E-state index contributed by atoms with van der Waals surface area (Å²) >= 11 is 0. The lowest BCUT2D eigenvalue weighted by Crippen LogP contribution is -2.36. The molecule has 0 aliphatic heterocycles. The SMILES string of the molecule is Cc1oc(-c2cccc(-c3ccccc3)c2)nc1CCOc1ccc(CCC(=O)O)c(COC(=O)NC2CCCCC2)c1. The molecule has 4 aromatic rings. The van der Waals surface area contributed by atoms with Crippen LogP contribution in [0, 0.1) is 6.92 Å². The Labute approximate surface area is 252 Å². The van der Waals surface area contributed by atoms with Crippen molar-refractivity contribution in [3.8, 4) is 28.3 Å². The van der Waals surface area contributed by atoms with E-state index in [1.807, 2.05) is 55.5 Å². The van der Waals surface area contributed by atoms with Crippen LogP contribution in [0.25, 0.3) is 22.6 Å². The van der Waals surface area contributed by atoms with Gasteiger partial charge in [-0.2, -0.15) is 0 Å². The zero-order chi connectivity index (χ0) is 30.0. The van der Waals surface area contributed by atoms with Crippen molar-refractivity contribution in [2.24, 2.45) is 0 Å². The Morgan fingerprint density at radius 3 is 2.47 bits per heavy atom. The molecule has 2 N–H and O–H groups in total. The van der Waals surface area contributed by atoms with Crippen molar-refractivity contribution in [2.75, 3.05) is 6.61 Å². The molecule has 1 aliphatic carbocycles. The van der Waals surface area contributed by atoms with Crippen molar-refractivity contribution < 1.29 is 28.6 Å². The fourth-order valence-electron chi connectivity index (χ4n) is 5.42. The molecule has 0 bridgehead atoms. The maximum absolute atomic E-state index is 12.4. The first kappa shape index (κ1) is 29.9. The molecule has 43 heavy (non-hydrogen) atoms. The molecular weight excluding hydrogens is 544 g/mol. The number of amides is 1. The highest BCUT2D eigenvalue weighted by atomic mass is 16.5. The summed E-state index contributed by atoms with van der Waals surface area (Å²) in [5.74, 6) is 1.04. The Balaban J connectivity index is 1.21. The van der Waals surface area contributed by atoms with Crippen molar-refractivity contribution >= 4 is 12.1 Å². The standard InChI is InChI=1S/C35H38N2O6/c1-24-32(37-34(43-24)28-12-8-11-27(21-28)25-9-4-2-5-10-25)19-20-41-31-17-15-26(16-18-33(38)39)29(22-31)23-42-35(40)36-30-13-6-3-7-14-30/h2,4-5,8-12,15,17,21-22,30H,3,6-7,13-14,16,18-20,23H2,1H3,(H,36,40)(H,38,39). The van der Waals surface area contributed by atoms with Gasteiger partial charge in [-0.3, -0.25) is 4.79 Å². The number of aromatic nitrogens is 1. The number of carbonyl (C=O) groups is 2. The lowest BCUT2D eigenvalue weighted by Gasteiger charge is -2.22. The quantitative estimate of drug-likeness (QED) is 0.178. The fraction of sp³-hybridized carbons (Fsp3) is 0.343. The largest absolute Gasteiger partial charge is 0.493 e. The van der Waals surface area contributed by atoms with Gasteiger partial charge >= 0.3 is 12.1 Å². The molecule has 0 atom stereocenters. The van der Waals surface area contributed by atoms with Crippen LogP contribution in [0.1, 0.15) is 61.1 Å². The molecule has 8 nitrogen and oxygen atoms in total. The number of nitrogens with one attached hydrogen (secondary N) is 1. The van der Waals surface area contributed by atoms with Crippen LogP contribution in [0.2, 0.25) is 0 Å². The third kappa shape index (κ3) is 8.47. The van der Waals surface area contributed by atoms with E-state index in [9.17, 15) is 14.7 Å². The molecule has 0 unspecified atom stereocenters. The van der Waals surface area contributed by atoms with E-state index in [0.717, 1.165) is 65.0 Å². The summed E-state index contributed by atoms with van der Waals surface area (Å²) in [6.45, 7) is 2.31. The third-order valence-corrected chi connectivity index (χ3v) is 7.79. The molecule has 224 valence electrons. The normalized spacial score (nSPS) is 13.4. The van der Waals surface area contributed by atoms with Crippen LogP contribution in [-0.2, 0) is 29.0 Å². The molecule has 1 amide bonds. The number of hydrogen-bond acceptors (Lipinski definition) is 6. The maximum Gasteiger partial charge on any atom is 0.407 e. The maximum atomic E-state index is 12.4. The monoisotopic (exact) mass is 582 g/mol. The highest BCUT2D eigenvalue weighted by molar-refractivity contribution is 5.70. The summed E-state index contributed by atoms with van der Waals surface area (Å²) in [4.78, 5) is 28.4. The summed E-state index contributed by atoms with van der Waals surface area (Å²) in [5, 5.41) is 12.1. The first-order valence-corrected chi connectivity index (χ1v) is 15.0. The van der Waals surface area contributed by atoms with Gasteiger partial charge in [0.15, 0.2) is 0 Å². The Morgan fingerprint density at radius 2 is 1.67 bits per heavy atom. The molecule has 1 heterocycles. The van der Waals surface area contributed by atoms with Crippen LogP contribution < -0.4 is 10.1 Å². The van der Waals surface area contributed by atoms with Gasteiger partial charge in [0.25, 0.3) is 0 Å². The van der Waals surface area contributed by atoms with Crippen molar-refractivity contribution in [2.45, 2.75) is 70.9 Å². The van der Waals surface area contributed by atoms with E-state index >= 15 is 0 Å². The van der Waals surface area contributed by atoms with E-state index in [1.54, 1.807) is 0 Å². The number of aliphatic carboxylic acids is 1. The Hall–Kier alpha value is -4.59. The average molecular weight is 583 g/mol. The molecule has 1 fully saturated rings. The van der Waals surface area contributed by atoms with Crippen LogP contribution in [-0.4, -0.2) is 34.8 Å². The van der Waals surface area contributed by atoms with E-state index in [0.29, 0.717) is 31.1 Å². The van der Waals surface area contributed by atoms with Crippen LogP contribution in [0.3, 0.4) is 0 Å². The second kappa shape index (κ2) is 14.5. The van der Waals surface area contributed by atoms with Gasteiger partial charge in [0.05, 0.1) is 12.3 Å². The Kier molecular flexibility index (Phi) is 10.1. The van der Waals surface area contributed by atoms with Crippen LogP contribution in [0.5, 0.6) is 5.75 Å². The molecule has 0 spiro atoms. The summed E-state index contributed by atoms with van der Waals surface area (Å²) in [6, 6.07) is 23.9. The topological polar surface area (TPSA) is 111 Å². The summed E-state index contributed by atoms with van der Waals surface area (Å²) in [7, 11) is 0. The summed E-state index contributed by atoms with van der Waals surface area (Å²) in [5.41, 5.74) is 5.50. The number of hydrogen-bond donors (Lipinski definition) is 2. The van der Waals surface area contributed by atoms with E-state index in [2.05, 4.69) is 29.6 Å². The summed E-state index contributed by atoms with van der Waals surface area (Å²) < 4.78 is 17.6. The molecule has 0 radical (unpaired) electrons. The predicted molar refractivity (Wildman–Crippen MR) is 164 cm³/mol. The smallest absolute Gasteiger partial charge is 0.407 e. The number of oxazole rings is 1. The predicted octanol–water partition coefficient (Wildman–Crippen LogP) is 7.51.